The van der Waals surface area contributed by atoms with Crippen molar-refractivity contribution in [2.24, 2.45) is 5.73 Å². The van der Waals surface area contributed by atoms with Gasteiger partial charge in [-0.05, 0) is 17.5 Å². The van der Waals surface area contributed by atoms with E-state index in [0.29, 0.717) is 12.6 Å². The fraction of sp³-hybridized carbons (Fsp3) is 0.500. The van der Waals surface area contributed by atoms with Crippen molar-refractivity contribution >= 4 is 0 Å². The fourth-order valence-electron chi connectivity index (χ4n) is 1.50. The molecule has 0 aromatic heterocycles. The van der Waals surface area contributed by atoms with Crippen molar-refractivity contribution in [3.8, 4) is 5.75 Å². The molecule has 3 heteroatoms. The lowest BCUT2D eigenvalue weighted by atomic mass is 10.0. The summed E-state index contributed by atoms with van der Waals surface area (Å²) in [5.74, 6) is 1.45. The molecule has 15 heavy (non-hydrogen) atoms. The molecule has 84 valence electrons. The van der Waals surface area contributed by atoms with E-state index in [1.807, 2.05) is 6.07 Å². The van der Waals surface area contributed by atoms with Gasteiger partial charge < -0.3 is 15.8 Å². The minimum Gasteiger partial charge on any atom is -0.496 e. The van der Waals surface area contributed by atoms with Gasteiger partial charge in [0.15, 0.2) is 0 Å². The predicted octanol–water partition coefficient (Wildman–Crippen LogP) is 1.82. The molecule has 0 heterocycles. The van der Waals surface area contributed by atoms with E-state index in [9.17, 15) is 0 Å². The van der Waals surface area contributed by atoms with E-state index >= 15 is 0 Å². The van der Waals surface area contributed by atoms with Gasteiger partial charge in [-0.3, -0.25) is 0 Å². The Bertz CT molecular complexity index is 310. The maximum Gasteiger partial charge on any atom is 0.123 e. The molecule has 1 aromatic rings. The Balaban J connectivity index is 2.91. The highest BCUT2D eigenvalue weighted by atomic mass is 16.5. The lowest BCUT2D eigenvalue weighted by molar-refractivity contribution is 0.407. The summed E-state index contributed by atoms with van der Waals surface area (Å²) >= 11 is 0. The number of nitrogens with one attached hydrogen (secondary N) is 1. The Kier molecular flexibility index (Phi) is 4.59. The van der Waals surface area contributed by atoms with E-state index in [2.05, 4.69) is 31.3 Å². The van der Waals surface area contributed by atoms with E-state index in [1.54, 1.807) is 7.11 Å². The van der Waals surface area contributed by atoms with Crippen molar-refractivity contribution in [1.82, 2.24) is 5.32 Å². The van der Waals surface area contributed by atoms with E-state index in [0.717, 1.165) is 17.9 Å². The molecule has 1 aromatic carbocycles. The Morgan fingerprint density at radius 3 is 2.67 bits per heavy atom. The minimum absolute atomic E-state index is 0.481. The zero-order valence-corrected chi connectivity index (χ0v) is 9.71. The summed E-state index contributed by atoms with van der Waals surface area (Å²) in [5, 5.41) is 3.10. The molecule has 0 aliphatic heterocycles. The summed E-state index contributed by atoms with van der Waals surface area (Å²) < 4.78 is 5.30. The Labute approximate surface area is 91.6 Å². The first-order chi connectivity index (χ1) is 7.19. The molecule has 0 amide bonds. The van der Waals surface area contributed by atoms with E-state index < -0.39 is 0 Å². The van der Waals surface area contributed by atoms with Gasteiger partial charge in [-0.2, -0.15) is 0 Å². The number of ether oxygens (including phenoxy) is 1. The van der Waals surface area contributed by atoms with Crippen LogP contribution >= 0.6 is 0 Å². The summed E-state index contributed by atoms with van der Waals surface area (Å²) in [5.41, 5.74) is 7.90. The third-order valence-corrected chi connectivity index (χ3v) is 2.43. The van der Waals surface area contributed by atoms with Crippen LogP contribution in [0.2, 0.25) is 0 Å². The smallest absolute Gasteiger partial charge is 0.123 e. The van der Waals surface area contributed by atoms with Gasteiger partial charge in [0.05, 0.1) is 7.11 Å². The number of methoxy groups -OCH3 is 1. The molecular formula is C12H20N2O. The average Bonchev–Trinajstić information content (AvgIpc) is 2.25. The summed E-state index contributed by atoms with van der Waals surface area (Å²) in [6, 6.07) is 6.30. The van der Waals surface area contributed by atoms with E-state index in [1.165, 1.54) is 5.56 Å². The zero-order chi connectivity index (χ0) is 11.3. The maximum atomic E-state index is 5.41. The lowest BCUT2D eigenvalue weighted by Gasteiger charge is -2.12. The van der Waals surface area contributed by atoms with Crippen LogP contribution in [-0.4, -0.2) is 13.8 Å². The van der Waals surface area contributed by atoms with Gasteiger partial charge >= 0.3 is 0 Å². The lowest BCUT2D eigenvalue weighted by Crippen LogP contribution is -2.21. The number of rotatable bonds is 5. The topological polar surface area (TPSA) is 47.3 Å². The Morgan fingerprint density at radius 2 is 2.13 bits per heavy atom. The first kappa shape index (κ1) is 12.0. The molecule has 0 saturated heterocycles. The predicted molar refractivity (Wildman–Crippen MR) is 63.0 cm³/mol. The van der Waals surface area contributed by atoms with Gasteiger partial charge in [-0.15, -0.1) is 0 Å². The fourth-order valence-corrected chi connectivity index (χ4v) is 1.50. The molecule has 0 fully saturated rings. The standard InChI is InChI=1S/C12H20N2O/c1-9(2)10-4-5-12(15-3)11(6-10)7-14-8-13/h4-6,9,14H,7-8,13H2,1-3H3. The number of benzene rings is 1. The van der Waals surface area contributed by atoms with Crippen LogP contribution in [0.1, 0.15) is 30.9 Å². The third-order valence-electron chi connectivity index (χ3n) is 2.43. The average molecular weight is 208 g/mol. The Morgan fingerprint density at radius 1 is 1.40 bits per heavy atom. The van der Waals surface area contributed by atoms with Gasteiger partial charge in [0.25, 0.3) is 0 Å². The molecule has 3 N–H and O–H groups in total. The van der Waals surface area contributed by atoms with Crippen LogP contribution in [0.25, 0.3) is 0 Å². The molecule has 0 spiro atoms. The highest BCUT2D eigenvalue weighted by Crippen LogP contribution is 2.23. The first-order valence-corrected chi connectivity index (χ1v) is 5.26. The van der Waals surface area contributed by atoms with Gasteiger partial charge in [0, 0.05) is 18.8 Å². The number of hydrogen-bond donors (Lipinski definition) is 2. The first-order valence-electron chi connectivity index (χ1n) is 5.26. The second-order valence-corrected chi connectivity index (χ2v) is 3.86. The largest absolute Gasteiger partial charge is 0.496 e. The molecule has 3 nitrogen and oxygen atoms in total. The number of hydrogen-bond acceptors (Lipinski definition) is 3. The van der Waals surface area contributed by atoms with Crippen molar-refractivity contribution in [3.05, 3.63) is 29.3 Å². The van der Waals surface area contributed by atoms with Crippen LogP contribution in [-0.2, 0) is 6.54 Å². The number of nitrogens with two attached hydrogens (primary N) is 1. The van der Waals surface area contributed by atoms with E-state index in [4.69, 9.17) is 10.5 Å². The summed E-state index contributed by atoms with van der Waals surface area (Å²) in [6.45, 7) is 5.60. The molecular weight excluding hydrogens is 188 g/mol. The monoisotopic (exact) mass is 208 g/mol. The highest BCUT2D eigenvalue weighted by molar-refractivity contribution is 5.38. The highest BCUT2D eigenvalue weighted by Gasteiger charge is 2.05. The maximum absolute atomic E-state index is 5.41. The van der Waals surface area contributed by atoms with Crippen molar-refractivity contribution in [1.29, 1.82) is 0 Å². The van der Waals surface area contributed by atoms with Crippen LogP contribution in [0.15, 0.2) is 18.2 Å². The summed E-state index contributed by atoms with van der Waals surface area (Å²) in [7, 11) is 1.69. The molecule has 0 aliphatic carbocycles. The van der Waals surface area contributed by atoms with Crippen molar-refractivity contribution in [2.45, 2.75) is 26.3 Å². The zero-order valence-electron chi connectivity index (χ0n) is 9.71. The summed E-state index contributed by atoms with van der Waals surface area (Å²) in [4.78, 5) is 0. The van der Waals surface area contributed by atoms with Crippen molar-refractivity contribution in [2.75, 3.05) is 13.8 Å². The van der Waals surface area contributed by atoms with Gasteiger partial charge in [-0.1, -0.05) is 26.0 Å². The molecule has 0 saturated carbocycles. The van der Waals surface area contributed by atoms with Crippen LogP contribution in [0.5, 0.6) is 5.75 Å². The second kappa shape index (κ2) is 5.73. The van der Waals surface area contributed by atoms with Crippen LogP contribution in [0.4, 0.5) is 0 Å². The van der Waals surface area contributed by atoms with E-state index in [-0.39, 0.29) is 0 Å². The normalized spacial score (nSPS) is 10.7. The molecule has 0 unspecified atom stereocenters. The quantitative estimate of drug-likeness (QED) is 0.726. The third kappa shape index (κ3) is 3.22. The molecule has 0 atom stereocenters. The molecule has 1 rings (SSSR count). The SMILES string of the molecule is COc1ccc(C(C)C)cc1CNCN. The van der Waals surface area contributed by atoms with Crippen molar-refractivity contribution < 1.29 is 4.74 Å². The van der Waals surface area contributed by atoms with Gasteiger partial charge in [0.2, 0.25) is 0 Å². The van der Waals surface area contributed by atoms with Gasteiger partial charge in [-0.25, -0.2) is 0 Å². The second-order valence-electron chi connectivity index (χ2n) is 3.86. The van der Waals surface area contributed by atoms with Crippen LogP contribution < -0.4 is 15.8 Å². The van der Waals surface area contributed by atoms with Crippen LogP contribution in [0.3, 0.4) is 0 Å². The minimum atomic E-state index is 0.481. The van der Waals surface area contributed by atoms with Gasteiger partial charge in [0.1, 0.15) is 5.75 Å². The molecule has 0 bridgehead atoms. The molecule has 0 aliphatic rings. The molecule has 0 radical (unpaired) electrons. The Hall–Kier alpha value is -1.06. The van der Waals surface area contributed by atoms with Crippen LogP contribution in [0, 0.1) is 0 Å². The summed E-state index contributed by atoms with van der Waals surface area (Å²) in [6.07, 6.45) is 0. The van der Waals surface area contributed by atoms with Crippen molar-refractivity contribution in [3.63, 3.8) is 0 Å².